The zero-order valence-electron chi connectivity index (χ0n) is 16.9. The molecule has 1 saturated heterocycles. The molecular weight excluding hydrogens is 348 g/mol. The third-order valence-electron chi connectivity index (χ3n) is 5.51. The first-order valence-electron chi connectivity index (χ1n) is 9.89. The third kappa shape index (κ3) is 4.87. The molecule has 0 bridgehead atoms. The Balaban J connectivity index is 2.15. The summed E-state index contributed by atoms with van der Waals surface area (Å²) in [5, 5.41) is 10.1. The largest absolute Gasteiger partial charge is 0.479 e. The Bertz CT molecular complexity index is 604. The van der Waals surface area contributed by atoms with Crippen LogP contribution in [0.2, 0.25) is 0 Å². The SMILES string of the molecule is C[C@H](N=CC(=O)OC(C)(C)C)C(=O)N1CCC[C@]1(C(=O)O)C1CCCCC1. The molecule has 0 unspecified atom stereocenters. The number of carboxylic acid groups (broad SMARTS) is 1. The van der Waals surface area contributed by atoms with Crippen LogP contribution >= 0.6 is 0 Å². The smallest absolute Gasteiger partial charge is 0.349 e. The van der Waals surface area contributed by atoms with E-state index in [0.29, 0.717) is 19.4 Å². The van der Waals surface area contributed by atoms with Crippen LogP contribution < -0.4 is 0 Å². The van der Waals surface area contributed by atoms with E-state index in [9.17, 15) is 19.5 Å². The molecule has 1 saturated carbocycles. The quantitative estimate of drug-likeness (QED) is 0.584. The summed E-state index contributed by atoms with van der Waals surface area (Å²) in [6.07, 6.45) is 7.00. The number of rotatable bonds is 5. The molecule has 152 valence electrons. The van der Waals surface area contributed by atoms with Crippen molar-refractivity contribution in [2.45, 2.75) is 89.8 Å². The fourth-order valence-corrected chi connectivity index (χ4v) is 4.34. The normalized spacial score (nSPS) is 25.6. The molecule has 1 amide bonds. The molecular formula is C20H32N2O5. The summed E-state index contributed by atoms with van der Waals surface area (Å²) >= 11 is 0. The molecule has 1 aliphatic heterocycles. The van der Waals surface area contributed by atoms with Gasteiger partial charge in [0.05, 0.1) is 0 Å². The number of likely N-dealkylation sites (tertiary alicyclic amines) is 1. The van der Waals surface area contributed by atoms with E-state index in [2.05, 4.69) is 4.99 Å². The lowest BCUT2D eigenvalue weighted by atomic mass is 9.73. The molecule has 1 heterocycles. The average Bonchev–Trinajstić information content (AvgIpc) is 3.04. The van der Waals surface area contributed by atoms with E-state index in [-0.39, 0.29) is 11.8 Å². The highest BCUT2D eigenvalue weighted by atomic mass is 16.6. The van der Waals surface area contributed by atoms with E-state index in [4.69, 9.17) is 4.74 Å². The first-order valence-corrected chi connectivity index (χ1v) is 9.89. The molecule has 1 aliphatic carbocycles. The van der Waals surface area contributed by atoms with Gasteiger partial charge in [0.2, 0.25) is 5.91 Å². The zero-order valence-corrected chi connectivity index (χ0v) is 16.9. The van der Waals surface area contributed by atoms with Gasteiger partial charge in [-0.05, 0) is 59.3 Å². The average molecular weight is 380 g/mol. The molecule has 2 aliphatic rings. The van der Waals surface area contributed by atoms with Crippen LogP contribution in [-0.4, -0.2) is 57.8 Å². The van der Waals surface area contributed by atoms with Crippen molar-refractivity contribution in [1.29, 1.82) is 0 Å². The van der Waals surface area contributed by atoms with Crippen LogP contribution in [0, 0.1) is 5.92 Å². The third-order valence-corrected chi connectivity index (χ3v) is 5.51. The van der Waals surface area contributed by atoms with Crippen molar-refractivity contribution in [3.05, 3.63) is 0 Å². The van der Waals surface area contributed by atoms with Crippen molar-refractivity contribution < 1.29 is 24.2 Å². The lowest BCUT2D eigenvalue weighted by Crippen LogP contribution is -2.59. The number of amides is 1. The number of ether oxygens (including phenoxy) is 1. The maximum absolute atomic E-state index is 13.0. The van der Waals surface area contributed by atoms with Crippen molar-refractivity contribution in [2.75, 3.05) is 6.54 Å². The second-order valence-corrected chi connectivity index (χ2v) is 8.65. The lowest BCUT2D eigenvalue weighted by Gasteiger charge is -2.43. The minimum Gasteiger partial charge on any atom is -0.479 e. The summed E-state index contributed by atoms with van der Waals surface area (Å²) in [6, 6.07) is -0.821. The number of esters is 1. The van der Waals surface area contributed by atoms with Gasteiger partial charge in [-0.3, -0.25) is 9.79 Å². The number of hydrogen-bond donors (Lipinski definition) is 1. The van der Waals surface area contributed by atoms with Gasteiger partial charge in [0.15, 0.2) is 0 Å². The van der Waals surface area contributed by atoms with Gasteiger partial charge >= 0.3 is 11.9 Å². The maximum Gasteiger partial charge on any atom is 0.349 e. The monoisotopic (exact) mass is 380 g/mol. The summed E-state index contributed by atoms with van der Waals surface area (Å²) in [6.45, 7) is 7.28. The van der Waals surface area contributed by atoms with Gasteiger partial charge in [0.1, 0.15) is 23.4 Å². The van der Waals surface area contributed by atoms with Gasteiger partial charge < -0.3 is 14.7 Å². The Kier molecular flexibility index (Phi) is 6.65. The second kappa shape index (κ2) is 8.40. The standard InChI is InChI=1S/C20H32N2O5/c1-14(21-13-16(23)27-19(2,3)4)17(24)22-12-8-11-20(22,18(25)26)15-9-6-5-7-10-15/h13-15H,5-12H2,1-4H3,(H,25,26)/t14-,20+/m0/s1. The Morgan fingerprint density at radius 2 is 1.81 bits per heavy atom. The van der Waals surface area contributed by atoms with Crippen molar-refractivity contribution in [2.24, 2.45) is 10.9 Å². The first kappa shape index (κ1) is 21.4. The molecule has 0 radical (unpaired) electrons. The van der Waals surface area contributed by atoms with Crippen molar-refractivity contribution in [3.8, 4) is 0 Å². The van der Waals surface area contributed by atoms with E-state index >= 15 is 0 Å². The molecule has 0 aromatic heterocycles. The molecule has 1 N–H and O–H groups in total. The molecule has 0 spiro atoms. The fraction of sp³-hybridized carbons (Fsp3) is 0.800. The number of nitrogens with zero attached hydrogens (tertiary/aromatic N) is 2. The highest BCUT2D eigenvalue weighted by Crippen LogP contribution is 2.43. The molecule has 7 heteroatoms. The number of carbonyl (C=O) groups excluding carboxylic acids is 2. The minimum absolute atomic E-state index is 0.0164. The van der Waals surface area contributed by atoms with Gasteiger partial charge in [-0.25, -0.2) is 9.59 Å². The maximum atomic E-state index is 13.0. The Hall–Kier alpha value is -1.92. The van der Waals surface area contributed by atoms with Crippen LogP contribution in [0.25, 0.3) is 0 Å². The molecule has 0 aromatic rings. The number of aliphatic imine (C=N–C) groups is 1. The van der Waals surface area contributed by atoms with Crippen LogP contribution in [0.3, 0.4) is 0 Å². The number of carbonyl (C=O) groups is 3. The van der Waals surface area contributed by atoms with Gasteiger partial charge in [-0.15, -0.1) is 0 Å². The lowest BCUT2D eigenvalue weighted by molar-refractivity contribution is -0.162. The van der Waals surface area contributed by atoms with Gasteiger partial charge in [-0.2, -0.15) is 0 Å². The Labute approximate surface area is 161 Å². The number of carboxylic acids is 1. The Morgan fingerprint density at radius 3 is 2.37 bits per heavy atom. The van der Waals surface area contributed by atoms with Gasteiger partial charge in [0.25, 0.3) is 0 Å². The predicted molar refractivity (Wildman–Crippen MR) is 102 cm³/mol. The van der Waals surface area contributed by atoms with Crippen LogP contribution in [0.4, 0.5) is 0 Å². The topological polar surface area (TPSA) is 96.3 Å². The summed E-state index contributed by atoms with van der Waals surface area (Å²) in [7, 11) is 0. The highest BCUT2D eigenvalue weighted by molar-refractivity contribution is 6.23. The Morgan fingerprint density at radius 1 is 1.19 bits per heavy atom. The summed E-state index contributed by atoms with van der Waals surface area (Å²) in [4.78, 5) is 42.6. The zero-order chi connectivity index (χ0) is 20.2. The molecule has 2 rings (SSSR count). The van der Waals surface area contributed by atoms with Crippen molar-refractivity contribution in [3.63, 3.8) is 0 Å². The molecule has 0 aromatic carbocycles. The molecule has 2 atom stereocenters. The van der Waals surface area contributed by atoms with E-state index in [0.717, 1.165) is 38.3 Å². The van der Waals surface area contributed by atoms with Crippen molar-refractivity contribution in [1.82, 2.24) is 4.90 Å². The predicted octanol–water partition coefficient (Wildman–Crippen LogP) is 2.81. The van der Waals surface area contributed by atoms with Crippen LogP contribution in [0.15, 0.2) is 4.99 Å². The summed E-state index contributed by atoms with van der Waals surface area (Å²) in [5.74, 6) is -1.87. The van der Waals surface area contributed by atoms with E-state index < -0.39 is 29.1 Å². The van der Waals surface area contributed by atoms with E-state index in [1.54, 1.807) is 27.7 Å². The van der Waals surface area contributed by atoms with Gasteiger partial charge in [0, 0.05) is 6.54 Å². The first-order chi connectivity index (χ1) is 12.6. The molecule has 2 fully saturated rings. The van der Waals surface area contributed by atoms with Gasteiger partial charge in [-0.1, -0.05) is 19.3 Å². The fourth-order valence-electron chi connectivity index (χ4n) is 4.34. The second-order valence-electron chi connectivity index (χ2n) is 8.65. The van der Waals surface area contributed by atoms with Crippen molar-refractivity contribution >= 4 is 24.1 Å². The van der Waals surface area contributed by atoms with Crippen LogP contribution in [0.5, 0.6) is 0 Å². The highest BCUT2D eigenvalue weighted by Gasteiger charge is 2.55. The van der Waals surface area contributed by atoms with Crippen LogP contribution in [0.1, 0.15) is 72.6 Å². The number of hydrogen-bond acceptors (Lipinski definition) is 5. The van der Waals surface area contributed by atoms with Crippen LogP contribution in [-0.2, 0) is 19.1 Å². The summed E-state index contributed by atoms with van der Waals surface area (Å²) < 4.78 is 5.16. The minimum atomic E-state index is -1.13. The van der Waals surface area contributed by atoms with E-state index in [1.807, 2.05) is 0 Å². The number of aliphatic carboxylic acids is 1. The van der Waals surface area contributed by atoms with E-state index in [1.165, 1.54) is 4.90 Å². The molecule has 27 heavy (non-hydrogen) atoms. The summed E-state index contributed by atoms with van der Waals surface area (Å²) in [5.41, 5.74) is -1.77. The molecule has 7 nitrogen and oxygen atoms in total.